The summed E-state index contributed by atoms with van der Waals surface area (Å²) in [5.41, 5.74) is 0.138. The Kier molecular flexibility index (Phi) is 7.10. The molecule has 1 aliphatic heterocycles. The molecule has 0 radical (unpaired) electrons. The maximum atomic E-state index is 11.6. The summed E-state index contributed by atoms with van der Waals surface area (Å²) in [6, 6.07) is 0.111. The van der Waals surface area contributed by atoms with Gasteiger partial charge >= 0.3 is 0 Å². The summed E-state index contributed by atoms with van der Waals surface area (Å²) < 4.78 is 28.4. The van der Waals surface area contributed by atoms with Gasteiger partial charge in [0, 0.05) is 18.6 Å². The zero-order chi connectivity index (χ0) is 13.1. The number of piperidine rings is 1. The molecule has 1 atom stereocenters. The second kappa shape index (κ2) is 7.05. The van der Waals surface area contributed by atoms with Gasteiger partial charge in [0.1, 0.15) is 0 Å². The standard InChI is InChI=1S/C11H25N3O2S.ClH/c1-9(2)14-17(15,16)13-8-10-11(3,4)6-5-7-12-10;/h9-10,12-14H,5-8H2,1-4H3;1H. The quantitative estimate of drug-likeness (QED) is 0.710. The average Bonchev–Trinajstić information content (AvgIpc) is 2.13. The molecule has 1 fully saturated rings. The van der Waals surface area contributed by atoms with Crippen LogP contribution in [0, 0.1) is 5.41 Å². The molecule has 1 saturated heterocycles. The average molecular weight is 300 g/mol. The normalized spacial score (nSPS) is 23.7. The molecule has 0 spiro atoms. The van der Waals surface area contributed by atoms with Crippen molar-refractivity contribution in [3.8, 4) is 0 Å². The predicted molar refractivity (Wildman–Crippen MR) is 77.2 cm³/mol. The number of halogens is 1. The van der Waals surface area contributed by atoms with E-state index in [4.69, 9.17) is 0 Å². The van der Waals surface area contributed by atoms with Gasteiger partial charge in [0.15, 0.2) is 0 Å². The number of hydrogen-bond donors (Lipinski definition) is 3. The van der Waals surface area contributed by atoms with Crippen molar-refractivity contribution in [3.05, 3.63) is 0 Å². The Balaban J connectivity index is 0.00000289. The molecule has 0 saturated carbocycles. The molecular formula is C11H26ClN3O2S. The van der Waals surface area contributed by atoms with Crippen molar-refractivity contribution in [1.82, 2.24) is 14.8 Å². The molecule has 5 nitrogen and oxygen atoms in total. The van der Waals surface area contributed by atoms with Crippen LogP contribution in [-0.4, -0.2) is 33.6 Å². The van der Waals surface area contributed by atoms with E-state index in [-0.39, 0.29) is 29.9 Å². The van der Waals surface area contributed by atoms with E-state index in [0.29, 0.717) is 6.54 Å². The summed E-state index contributed by atoms with van der Waals surface area (Å²) in [4.78, 5) is 0. The first-order valence-corrected chi connectivity index (χ1v) is 7.71. The molecule has 1 unspecified atom stereocenters. The van der Waals surface area contributed by atoms with Gasteiger partial charge in [0.25, 0.3) is 10.2 Å². The molecule has 0 aromatic rings. The minimum Gasteiger partial charge on any atom is -0.312 e. The number of rotatable bonds is 5. The summed E-state index contributed by atoms with van der Waals surface area (Å²) in [6.07, 6.45) is 2.28. The van der Waals surface area contributed by atoms with Crippen molar-refractivity contribution in [2.75, 3.05) is 13.1 Å². The fourth-order valence-corrected chi connectivity index (χ4v) is 3.25. The molecule has 0 aromatic carbocycles. The lowest BCUT2D eigenvalue weighted by atomic mass is 9.78. The Bertz CT molecular complexity index is 344. The van der Waals surface area contributed by atoms with E-state index < -0.39 is 10.2 Å². The Labute approximate surface area is 117 Å². The predicted octanol–water partition coefficient (Wildman–Crippen LogP) is 1.02. The second-order valence-electron chi connectivity index (χ2n) is 5.72. The van der Waals surface area contributed by atoms with Gasteiger partial charge in [-0.25, -0.2) is 4.72 Å². The van der Waals surface area contributed by atoms with Crippen LogP contribution >= 0.6 is 12.4 Å². The lowest BCUT2D eigenvalue weighted by Crippen LogP contribution is -2.54. The molecule has 18 heavy (non-hydrogen) atoms. The summed E-state index contributed by atoms with van der Waals surface area (Å²) in [6.45, 7) is 9.37. The monoisotopic (exact) mass is 299 g/mol. The topological polar surface area (TPSA) is 70.2 Å². The smallest absolute Gasteiger partial charge is 0.277 e. The first-order chi connectivity index (χ1) is 7.73. The van der Waals surface area contributed by atoms with E-state index in [1.165, 1.54) is 0 Å². The van der Waals surface area contributed by atoms with E-state index in [2.05, 4.69) is 28.6 Å². The molecule has 0 bridgehead atoms. The molecule has 0 aromatic heterocycles. The Morgan fingerprint density at radius 3 is 2.50 bits per heavy atom. The van der Waals surface area contributed by atoms with E-state index in [9.17, 15) is 8.42 Å². The molecule has 7 heteroatoms. The third-order valence-corrected chi connectivity index (χ3v) is 4.53. The van der Waals surface area contributed by atoms with Crippen molar-refractivity contribution in [1.29, 1.82) is 0 Å². The number of nitrogens with one attached hydrogen (secondary N) is 3. The highest BCUT2D eigenvalue weighted by atomic mass is 35.5. The third-order valence-electron chi connectivity index (χ3n) is 3.20. The SMILES string of the molecule is CC(C)NS(=O)(=O)NCC1NCCCC1(C)C.Cl. The van der Waals surface area contributed by atoms with Crippen LogP contribution in [0.5, 0.6) is 0 Å². The lowest BCUT2D eigenvalue weighted by Gasteiger charge is -2.39. The van der Waals surface area contributed by atoms with E-state index >= 15 is 0 Å². The van der Waals surface area contributed by atoms with Gasteiger partial charge in [0.2, 0.25) is 0 Å². The summed E-state index contributed by atoms with van der Waals surface area (Å²) in [5, 5.41) is 3.38. The molecule has 1 aliphatic rings. The third kappa shape index (κ3) is 5.84. The first kappa shape index (κ1) is 18.1. The highest BCUT2D eigenvalue weighted by Crippen LogP contribution is 2.29. The minimum absolute atomic E-state index is 0. The zero-order valence-electron chi connectivity index (χ0n) is 11.6. The van der Waals surface area contributed by atoms with Crippen LogP contribution in [0.2, 0.25) is 0 Å². The fourth-order valence-electron chi connectivity index (χ4n) is 2.16. The molecule has 1 heterocycles. The molecule has 110 valence electrons. The largest absolute Gasteiger partial charge is 0.312 e. The number of hydrogen-bond acceptors (Lipinski definition) is 3. The van der Waals surface area contributed by atoms with Crippen LogP contribution in [0.15, 0.2) is 0 Å². The van der Waals surface area contributed by atoms with Crippen LogP contribution in [0.4, 0.5) is 0 Å². The van der Waals surface area contributed by atoms with Crippen molar-refractivity contribution < 1.29 is 8.42 Å². The van der Waals surface area contributed by atoms with Crippen LogP contribution in [-0.2, 0) is 10.2 Å². The maximum Gasteiger partial charge on any atom is 0.277 e. The van der Waals surface area contributed by atoms with Crippen molar-refractivity contribution in [3.63, 3.8) is 0 Å². The Hall–Kier alpha value is 0.120. The van der Waals surface area contributed by atoms with Gasteiger partial charge in [-0.15, -0.1) is 12.4 Å². The van der Waals surface area contributed by atoms with Crippen LogP contribution in [0.1, 0.15) is 40.5 Å². The molecule has 0 aliphatic carbocycles. The van der Waals surface area contributed by atoms with Gasteiger partial charge in [-0.05, 0) is 38.6 Å². The fraction of sp³-hybridized carbons (Fsp3) is 1.00. The Morgan fingerprint density at radius 1 is 1.39 bits per heavy atom. The highest BCUT2D eigenvalue weighted by molar-refractivity contribution is 7.87. The van der Waals surface area contributed by atoms with Gasteiger partial charge in [-0.2, -0.15) is 13.1 Å². The van der Waals surface area contributed by atoms with Crippen LogP contribution in [0.3, 0.4) is 0 Å². The van der Waals surface area contributed by atoms with Crippen molar-refractivity contribution >= 4 is 22.6 Å². The maximum absolute atomic E-state index is 11.6. The van der Waals surface area contributed by atoms with E-state index in [1.54, 1.807) is 0 Å². The Morgan fingerprint density at radius 2 is 2.00 bits per heavy atom. The minimum atomic E-state index is -3.37. The summed E-state index contributed by atoms with van der Waals surface area (Å²) >= 11 is 0. The van der Waals surface area contributed by atoms with E-state index in [0.717, 1.165) is 19.4 Å². The first-order valence-electron chi connectivity index (χ1n) is 6.23. The highest BCUT2D eigenvalue weighted by Gasteiger charge is 2.32. The van der Waals surface area contributed by atoms with Gasteiger partial charge in [-0.1, -0.05) is 13.8 Å². The van der Waals surface area contributed by atoms with E-state index in [1.807, 2.05) is 13.8 Å². The van der Waals surface area contributed by atoms with Gasteiger partial charge in [-0.3, -0.25) is 0 Å². The molecule has 3 N–H and O–H groups in total. The summed E-state index contributed by atoms with van der Waals surface area (Å²) in [5.74, 6) is 0. The second-order valence-corrected chi connectivity index (χ2v) is 7.25. The zero-order valence-corrected chi connectivity index (χ0v) is 13.2. The molecule has 0 amide bonds. The van der Waals surface area contributed by atoms with Crippen molar-refractivity contribution in [2.24, 2.45) is 5.41 Å². The van der Waals surface area contributed by atoms with Crippen LogP contribution < -0.4 is 14.8 Å². The van der Waals surface area contributed by atoms with Gasteiger partial charge < -0.3 is 5.32 Å². The summed E-state index contributed by atoms with van der Waals surface area (Å²) in [7, 11) is -3.37. The van der Waals surface area contributed by atoms with Crippen molar-refractivity contribution in [2.45, 2.75) is 52.6 Å². The molecular weight excluding hydrogens is 274 g/mol. The lowest BCUT2D eigenvalue weighted by molar-refractivity contribution is 0.181. The van der Waals surface area contributed by atoms with Crippen LogP contribution in [0.25, 0.3) is 0 Å². The molecule has 1 rings (SSSR count). The van der Waals surface area contributed by atoms with Gasteiger partial charge in [0.05, 0.1) is 0 Å².